The Morgan fingerprint density at radius 2 is 1.90 bits per heavy atom. The highest BCUT2D eigenvalue weighted by Gasteiger charge is 2.39. The minimum absolute atomic E-state index is 0.264. The summed E-state index contributed by atoms with van der Waals surface area (Å²) in [6.45, 7) is 6.47. The number of likely N-dealkylation sites (N-methyl/N-ethyl adjacent to an activating group) is 1. The quantitative estimate of drug-likeness (QED) is 0.761. The van der Waals surface area contributed by atoms with Crippen LogP contribution in [0.1, 0.15) is 18.4 Å². The van der Waals surface area contributed by atoms with E-state index in [1.807, 2.05) is 25.1 Å². The largest absolute Gasteiger partial charge is 0.369 e. The van der Waals surface area contributed by atoms with E-state index < -0.39 is 16.1 Å². The van der Waals surface area contributed by atoms with Gasteiger partial charge in [0.2, 0.25) is 5.91 Å². The van der Waals surface area contributed by atoms with Crippen LogP contribution in [0.2, 0.25) is 0 Å². The number of sulfonamides is 1. The lowest BCUT2D eigenvalue weighted by Crippen LogP contribution is -2.44. The number of carbonyl (C=O) groups is 1. The van der Waals surface area contributed by atoms with Gasteiger partial charge in [-0.1, -0.05) is 6.07 Å². The van der Waals surface area contributed by atoms with Crippen LogP contribution in [0, 0.1) is 6.92 Å². The maximum atomic E-state index is 12.9. The van der Waals surface area contributed by atoms with Gasteiger partial charge in [0.25, 0.3) is 10.0 Å². The van der Waals surface area contributed by atoms with Crippen molar-refractivity contribution in [3.05, 3.63) is 41.3 Å². The van der Waals surface area contributed by atoms with E-state index in [0.717, 1.165) is 31.7 Å². The van der Waals surface area contributed by atoms with E-state index in [-0.39, 0.29) is 10.1 Å². The first-order valence-electron chi connectivity index (χ1n) is 10.3. The van der Waals surface area contributed by atoms with Crippen LogP contribution in [0.4, 0.5) is 11.4 Å². The van der Waals surface area contributed by atoms with E-state index in [1.54, 1.807) is 17.5 Å². The van der Waals surface area contributed by atoms with Gasteiger partial charge in [-0.15, -0.1) is 11.3 Å². The van der Waals surface area contributed by atoms with Crippen molar-refractivity contribution in [3.63, 3.8) is 0 Å². The predicted molar refractivity (Wildman–Crippen MR) is 121 cm³/mol. The fraction of sp³-hybridized carbons (Fsp3) is 0.476. The first-order chi connectivity index (χ1) is 14.4. The number of amides is 1. The summed E-state index contributed by atoms with van der Waals surface area (Å²) >= 11 is 1.18. The monoisotopic (exact) mass is 448 g/mol. The Morgan fingerprint density at radius 1 is 1.13 bits per heavy atom. The van der Waals surface area contributed by atoms with Crippen molar-refractivity contribution < 1.29 is 13.2 Å². The maximum Gasteiger partial charge on any atom is 0.253 e. The predicted octanol–water partition coefficient (Wildman–Crippen LogP) is 2.60. The summed E-state index contributed by atoms with van der Waals surface area (Å²) in [5, 5.41) is 4.68. The zero-order valence-electron chi connectivity index (χ0n) is 17.4. The Balaban J connectivity index is 1.46. The van der Waals surface area contributed by atoms with Gasteiger partial charge in [-0.25, -0.2) is 8.42 Å². The third-order valence-corrected chi connectivity index (χ3v) is 9.15. The van der Waals surface area contributed by atoms with Gasteiger partial charge < -0.3 is 15.1 Å². The second kappa shape index (κ2) is 8.66. The standard InChI is InChI=1S/C21H28N4O3S2/c1-16-15-17(7-8-18(16)24-12-10-23(2)11-13-24)22-21(26)19-5-3-9-25(19)30(27,28)20-6-4-14-29-20/h4,6-8,14-15,19H,3,5,9-13H2,1-2H3,(H,22,26). The molecule has 2 aliphatic rings. The molecule has 162 valence electrons. The van der Waals surface area contributed by atoms with Crippen LogP contribution >= 0.6 is 11.3 Å². The highest BCUT2D eigenvalue weighted by molar-refractivity contribution is 7.91. The Labute approximate surface area is 182 Å². The van der Waals surface area contributed by atoms with Crippen LogP contribution in [-0.4, -0.2) is 69.3 Å². The molecule has 1 N–H and O–H groups in total. The molecule has 0 bridgehead atoms. The molecule has 2 aromatic rings. The molecule has 0 radical (unpaired) electrons. The van der Waals surface area contributed by atoms with Gasteiger partial charge in [-0.3, -0.25) is 4.79 Å². The minimum atomic E-state index is -3.64. The molecule has 7 nitrogen and oxygen atoms in total. The molecule has 0 saturated carbocycles. The summed E-state index contributed by atoms with van der Waals surface area (Å²) in [5.41, 5.74) is 2.99. The van der Waals surface area contributed by atoms with E-state index >= 15 is 0 Å². The number of piperazine rings is 1. The van der Waals surface area contributed by atoms with Gasteiger partial charge in [-0.05, 0) is 62.0 Å². The third kappa shape index (κ3) is 4.25. The fourth-order valence-electron chi connectivity index (χ4n) is 4.18. The topological polar surface area (TPSA) is 73.0 Å². The van der Waals surface area contributed by atoms with E-state index in [9.17, 15) is 13.2 Å². The smallest absolute Gasteiger partial charge is 0.253 e. The lowest BCUT2D eigenvalue weighted by atomic mass is 10.1. The molecule has 30 heavy (non-hydrogen) atoms. The molecule has 2 fully saturated rings. The number of thiophene rings is 1. The molecule has 1 aromatic carbocycles. The molecule has 1 atom stereocenters. The average molecular weight is 449 g/mol. The van der Waals surface area contributed by atoms with Crippen molar-refractivity contribution in [3.8, 4) is 0 Å². The number of hydrogen-bond acceptors (Lipinski definition) is 6. The van der Waals surface area contributed by atoms with Crippen molar-refractivity contribution in [1.82, 2.24) is 9.21 Å². The van der Waals surface area contributed by atoms with Gasteiger partial charge in [0.05, 0.1) is 0 Å². The molecule has 1 aromatic heterocycles. The zero-order valence-corrected chi connectivity index (χ0v) is 19.0. The zero-order chi connectivity index (χ0) is 21.3. The van der Waals surface area contributed by atoms with Crippen molar-refractivity contribution >= 4 is 38.6 Å². The Bertz CT molecular complexity index is 999. The van der Waals surface area contributed by atoms with E-state index in [4.69, 9.17) is 0 Å². The van der Waals surface area contributed by atoms with Crippen molar-refractivity contribution in [1.29, 1.82) is 0 Å². The van der Waals surface area contributed by atoms with Crippen molar-refractivity contribution in [2.75, 3.05) is 50.0 Å². The van der Waals surface area contributed by atoms with Gasteiger partial charge in [-0.2, -0.15) is 4.31 Å². The molecule has 4 rings (SSSR count). The van der Waals surface area contributed by atoms with Crippen LogP contribution in [0.25, 0.3) is 0 Å². The van der Waals surface area contributed by atoms with E-state index in [2.05, 4.69) is 22.2 Å². The number of rotatable bonds is 5. The minimum Gasteiger partial charge on any atom is -0.369 e. The Hall–Kier alpha value is -1.94. The van der Waals surface area contributed by atoms with Gasteiger partial charge in [0, 0.05) is 44.1 Å². The summed E-state index contributed by atoms with van der Waals surface area (Å²) in [6, 6.07) is 8.56. The first kappa shape index (κ1) is 21.3. The third-order valence-electron chi connectivity index (χ3n) is 5.87. The van der Waals surface area contributed by atoms with Gasteiger partial charge >= 0.3 is 0 Å². The number of nitrogens with zero attached hydrogens (tertiary/aromatic N) is 3. The van der Waals surface area contributed by atoms with Gasteiger partial charge in [0.15, 0.2) is 0 Å². The molecule has 2 aliphatic heterocycles. The number of benzene rings is 1. The molecular formula is C21H28N4O3S2. The number of anilines is 2. The van der Waals surface area contributed by atoms with Crippen LogP contribution in [0.3, 0.4) is 0 Å². The lowest BCUT2D eigenvalue weighted by molar-refractivity contribution is -0.119. The summed E-state index contributed by atoms with van der Waals surface area (Å²) in [4.78, 5) is 17.6. The molecule has 2 saturated heterocycles. The molecule has 1 amide bonds. The van der Waals surface area contributed by atoms with Crippen LogP contribution < -0.4 is 10.2 Å². The normalized spacial score (nSPS) is 21.1. The average Bonchev–Trinajstić information content (AvgIpc) is 3.42. The molecule has 3 heterocycles. The molecule has 9 heteroatoms. The number of carbonyl (C=O) groups excluding carboxylic acids is 1. The maximum absolute atomic E-state index is 12.9. The summed E-state index contributed by atoms with van der Waals surface area (Å²) in [7, 11) is -1.50. The van der Waals surface area contributed by atoms with Crippen molar-refractivity contribution in [2.45, 2.75) is 30.0 Å². The van der Waals surface area contributed by atoms with Crippen LogP contribution in [0.5, 0.6) is 0 Å². The Kier molecular flexibility index (Phi) is 6.15. The molecule has 0 aliphatic carbocycles. The number of aryl methyl sites for hydroxylation is 1. The molecule has 1 unspecified atom stereocenters. The summed E-state index contributed by atoms with van der Waals surface area (Å²) in [6.07, 6.45) is 1.22. The number of nitrogens with one attached hydrogen (secondary N) is 1. The number of hydrogen-bond donors (Lipinski definition) is 1. The fourth-order valence-corrected chi connectivity index (χ4v) is 6.95. The summed E-state index contributed by atoms with van der Waals surface area (Å²) < 4.78 is 27.4. The second-order valence-corrected chi connectivity index (χ2v) is 11.1. The second-order valence-electron chi connectivity index (χ2n) is 7.99. The van der Waals surface area contributed by atoms with E-state index in [0.29, 0.717) is 25.1 Å². The van der Waals surface area contributed by atoms with Crippen molar-refractivity contribution in [2.24, 2.45) is 0 Å². The molecular weight excluding hydrogens is 420 g/mol. The SMILES string of the molecule is Cc1cc(NC(=O)C2CCCN2S(=O)(=O)c2cccs2)ccc1N1CCN(C)CC1. The highest BCUT2D eigenvalue weighted by atomic mass is 32.2. The van der Waals surface area contributed by atoms with E-state index in [1.165, 1.54) is 21.3 Å². The Morgan fingerprint density at radius 3 is 2.57 bits per heavy atom. The first-order valence-corrected chi connectivity index (χ1v) is 12.6. The van der Waals surface area contributed by atoms with Crippen LogP contribution in [0.15, 0.2) is 39.9 Å². The molecule has 0 spiro atoms. The highest BCUT2D eigenvalue weighted by Crippen LogP contribution is 2.30. The van der Waals surface area contributed by atoms with Crippen LogP contribution in [-0.2, 0) is 14.8 Å². The summed E-state index contributed by atoms with van der Waals surface area (Å²) in [5.74, 6) is -0.264. The lowest BCUT2D eigenvalue weighted by Gasteiger charge is -2.35. The van der Waals surface area contributed by atoms with Gasteiger partial charge in [0.1, 0.15) is 10.3 Å².